The molecule has 1 unspecified atom stereocenters. The quantitative estimate of drug-likeness (QED) is 0.182. The maximum absolute atomic E-state index is 8.48. The molecule has 0 heterocycles. The van der Waals surface area contributed by atoms with Gasteiger partial charge in [-0.25, -0.2) is 0 Å². The number of hydrogen-bond donors (Lipinski definition) is 3. The molecule has 0 aliphatic rings. The van der Waals surface area contributed by atoms with E-state index in [1.807, 2.05) is 11.8 Å². The molecule has 1 atom stereocenters. The van der Waals surface area contributed by atoms with Crippen LogP contribution in [0.5, 0.6) is 0 Å². The van der Waals surface area contributed by atoms with E-state index in [-0.39, 0.29) is 0 Å². The molecule has 0 amide bonds. The molecule has 0 aromatic rings. The molecular weight excluding hydrogens is 222 g/mol. The molecule has 0 saturated carbocycles. The Morgan fingerprint density at radius 3 is 2.75 bits per heavy atom. The van der Waals surface area contributed by atoms with Crippen LogP contribution in [0.15, 0.2) is 5.16 Å². The summed E-state index contributed by atoms with van der Waals surface area (Å²) < 4.78 is 0. The smallest absolute Gasteiger partial charge is 0.140 e. The first-order valence-corrected chi connectivity index (χ1v) is 7.32. The van der Waals surface area contributed by atoms with Gasteiger partial charge in [-0.05, 0) is 37.8 Å². The minimum atomic E-state index is 0.307. The average Bonchev–Trinajstić information content (AvgIpc) is 2.31. The van der Waals surface area contributed by atoms with E-state index in [0.29, 0.717) is 18.3 Å². The molecule has 96 valence electrons. The van der Waals surface area contributed by atoms with Crippen molar-refractivity contribution in [3.05, 3.63) is 0 Å². The van der Waals surface area contributed by atoms with Gasteiger partial charge in [0, 0.05) is 12.5 Å². The van der Waals surface area contributed by atoms with Crippen molar-refractivity contribution < 1.29 is 5.21 Å². The topological polar surface area (TPSA) is 70.6 Å². The number of amidine groups is 1. The normalized spacial score (nSPS) is 14.0. The van der Waals surface area contributed by atoms with E-state index in [2.05, 4.69) is 23.7 Å². The summed E-state index contributed by atoms with van der Waals surface area (Å²) in [6.07, 6.45) is 7.53. The second kappa shape index (κ2) is 11.1. The van der Waals surface area contributed by atoms with Crippen LogP contribution in [0.2, 0.25) is 0 Å². The minimum Gasteiger partial charge on any atom is -0.409 e. The molecule has 0 spiro atoms. The van der Waals surface area contributed by atoms with E-state index >= 15 is 0 Å². The highest BCUT2D eigenvalue weighted by Gasteiger charge is 2.07. The van der Waals surface area contributed by atoms with Crippen LogP contribution in [0, 0.1) is 0 Å². The summed E-state index contributed by atoms with van der Waals surface area (Å²) in [4.78, 5) is 0. The molecule has 0 radical (unpaired) electrons. The van der Waals surface area contributed by atoms with Crippen LogP contribution < -0.4 is 11.1 Å². The maximum atomic E-state index is 8.48. The van der Waals surface area contributed by atoms with Crippen molar-refractivity contribution in [3.63, 3.8) is 0 Å². The molecule has 0 bridgehead atoms. The van der Waals surface area contributed by atoms with Gasteiger partial charge in [0.25, 0.3) is 0 Å². The number of rotatable bonds is 10. The van der Waals surface area contributed by atoms with Gasteiger partial charge in [-0.1, -0.05) is 18.5 Å². The van der Waals surface area contributed by atoms with Crippen LogP contribution in [0.4, 0.5) is 0 Å². The molecule has 0 aromatic carbocycles. The van der Waals surface area contributed by atoms with Crippen molar-refractivity contribution in [2.75, 3.05) is 18.6 Å². The van der Waals surface area contributed by atoms with Gasteiger partial charge >= 0.3 is 0 Å². The fourth-order valence-electron chi connectivity index (χ4n) is 1.51. The standard InChI is InChI=1S/C11H25N3OS/c1-3-10(9-11(12)14-15)13-7-5-4-6-8-16-2/h10,13,15H,3-9H2,1-2H3,(H2,12,14). The lowest BCUT2D eigenvalue weighted by atomic mass is 10.1. The van der Waals surface area contributed by atoms with Crippen LogP contribution in [0.3, 0.4) is 0 Å². The van der Waals surface area contributed by atoms with Crippen molar-refractivity contribution in [3.8, 4) is 0 Å². The molecule has 5 heteroatoms. The van der Waals surface area contributed by atoms with Crippen LogP contribution in [-0.2, 0) is 0 Å². The second-order valence-corrected chi connectivity index (χ2v) is 4.89. The Hall–Kier alpha value is -0.420. The maximum Gasteiger partial charge on any atom is 0.140 e. The Labute approximate surface area is 103 Å². The summed E-state index contributed by atoms with van der Waals surface area (Å²) in [7, 11) is 0. The van der Waals surface area contributed by atoms with Gasteiger partial charge in [-0.15, -0.1) is 0 Å². The third-order valence-corrected chi connectivity index (χ3v) is 3.23. The molecule has 0 saturated heterocycles. The van der Waals surface area contributed by atoms with Crippen molar-refractivity contribution in [2.24, 2.45) is 10.9 Å². The fraction of sp³-hybridized carbons (Fsp3) is 0.909. The number of nitrogens with zero attached hydrogens (tertiary/aromatic N) is 1. The Bertz CT molecular complexity index is 188. The lowest BCUT2D eigenvalue weighted by Gasteiger charge is -2.15. The monoisotopic (exact) mass is 247 g/mol. The average molecular weight is 247 g/mol. The van der Waals surface area contributed by atoms with Crippen molar-refractivity contribution in [2.45, 2.75) is 45.1 Å². The van der Waals surface area contributed by atoms with Gasteiger partial charge in [0.05, 0.1) is 0 Å². The SMILES string of the molecule is CCC(CC(N)=NO)NCCCCCSC. The summed E-state index contributed by atoms with van der Waals surface area (Å²) in [5, 5.41) is 14.9. The highest BCUT2D eigenvalue weighted by molar-refractivity contribution is 7.98. The van der Waals surface area contributed by atoms with Gasteiger partial charge in [0.1, 0.15) is 5.84 Å². The first kappa shape index (κ1) is 15.6. The van der Waals surface area contributed by atoms with E-state index in [1.165, 1.54) is 25.0 Å². The Morgan fingerprint density at radius 1 is 1.44 bits per heavy atom. The first-order valence-electron chi connectivity index (χ1n) is 5.93. The van der Waals surface area contributed by atoms with Crippen LogP contribution >= 0.6 is 11.8 Å². The number of nitrogens with one attached hydrogen (secondary N) is 1. The van der Waals surface area contributed by atoms with E-state index in [1.54, 1.807) is 0 Å². The predicted molar refractivity (Wildman–Crippen MR) is 72.3 cm³/mol. The van der Waals surface area contributed by atoms with Gasteiger partial charge in [0.2, 0.25) is 0 Å². The lowest BCUT2D eigenvalue weighted by Crippen LogP contribution is -2.33. The first-order chi connectivity index (χ1) is 7.74. The van der Waals surface area contributed by atoms with Crippen LogP contribution in [-0.4, -0.2) is 35.6 Å². The summed E-state index contributed by atoms with van der Waals surface area (Å²) in [5.74, 6) is 1.56. The largest absolute Gasteiger partial charge is 0.409 e. The van der Waals surface area contributed by atoms with E-state index in [4.69, 9.17) is 10.9 Å². The Kier molecular flexibility index (Phi) is 10.8. The van der Waals surface area contributed by atoms with Gasteiger partial charge in [0.15, 0.2) is 0 Å². The predicted octanol–water partition coefficient (Wildman–Crippen LogP) is 2.02. The van der Waals surface area contributed by atoms with Crippen LogP contribution in [0.1, 0.15) is 39.0 Å². The third kappa shape index (κ3) is 8.85. The number of oxime groups is 1. The van der Waals surface area contributed by atoms with E-state index in [0.717, 1.165) is 13.0 Å². The van der Waals surface area contributed by atoms with Gasteiger partial charge in [-0.3, -0.25) is 0 Å². The Balaban J connectivity index is 3.48. The second-order valence-electron chi connectivity index (χ2n) is 3.91. The molecule has 0 aromatic heterocycles. The molecule has 0 rings (SSSR count). The lowest BCUT2D eigenvalue weighted by molar-refractivity contribution is 0.315. The van der Waals surface area contributed by atoms with Crippen molar-refractivity contribution in [1.29, 1.82) is 0 Å². The summed E-state index contributed by atoms with van der Waals surface area (Å²) in [6, 6.07) is 0.330. The van der Waals surface area contributed by atoms with Crippen LogP contribution in [0.25, 0.3) is 0 Å². The number of hydrogen-bond acceptors (Lipinski definition) is 4. The van der Waals surface area contributed by atoms with Gasteiger partial charge in [-0.2, -0.15) is 11.8 Å². The van der Waals surface area contributed by atoms with Crippen molar-refractivity contribution >= 4 is 17.6 Å². The Morgan fingerprint density at radius 2 is 2.19 bits per heavy atom. The highest BCUT2D eigenvalue weighted by atomic mass is 32.2. The molecule has 0 fully saturated rings. The number of thioether (sulfide) groups is 1. The summed E-state index contributed by atoms with van der Waals surface area (Å²) in [6.45, 7) is 3.13. The summed E-state index contributed by atoms with van der Waals surface area (Å²) >= 11 is 1.90. The third-order valence-electron chi connectivity index (χ3n) is 2.54. The molecular formula is C11H25N3OS. The fourth-order valence-corrected chi connectivity index (χ4v) is 2.00. The zero-order chi connectivity index (χ0) is 12.2. The minimum absolute atomic E-state index is 0.307. The number of nitrogens with two attached hydrogens (primary N) is 1. The molecule has 0 aliphatic heterocycles. The molecule has 0 aliphatic carbocycles. The van der Waals surface area contributed by atoms with Crippen molar-refractivity contribution in [1.82, 2.24) is 5.32 Å². The molecule has 4 nitrogen and oxygen atoms in total. The van der Waals surface area contributed by atoms with E-state index < -0.39 is 0 Å². The highest BCUT2D eigenvalue weighted by Crippen LogP contribution is 2.03. The molecule has 16 heavy (non-hydrogen) atoms. The van der Waals surface area contributed by atoms with E-state index in [9.17, 15) is 0 Å². The van der Waals surface area contributed by atoms with Gasteiger partial charge < -0.3 is 16.3 Å². The molecule has 4 N–H and O–H groups in total. The summed E-state index contributed by atoms with van der Waals surface area (Å²) in [5.41, 5.74) is 5.48. The number of unbranched alkanes of at least 4 members (excludes halogenated alkanes) is 2. The zero-order valence-corrected chi connectivity index (χ0v) is 11.2. The zero-order valence-electron chi connectivity index (χ0n) is 10.4.